The molecule has 0 aromatic heterocycles. The summed E-state index contributed by atoms with van der Waals surface area (Å²) in [4.78, 5) is 13.7. The fourth-order valence-corrected chi connectivity index (χ4v) is 3.10. The van der Waals surface area contributed by atoms with Crippen LogP contribution in [0.1, 0.15) is 24.5 Å². The highest BCUT2D eigenvalue weighted by Gasteiger charge is 2.32. The predicted molar refractivity (Wildman–Crippen MR) is 79.3 cm³/mol. The fourth-order valence-electron chi connectivity index (χ4n) is 2.27. The number of sulfonamides is 1. The van der Waals surface area contributed by atoms with Gasteiger partial charge in [-0.15, -0.1) is 0 Å². The zero-order chi connectivity index (χ0) is 14.9. The highest BCUT2D eigenvalue weighted by atomic mass is 32.2. The van der Waals surface area contributed by atoms with Crippen molar-refractivity contribution in [2.24, 2.45) is 0 Å². The van der Waals surface area contributed by atoms with Crippen LogP contribution in [0, 0.1) is 13.8 Å². The SMILES string of the molecule is CCS(=O)(=O)N[C@H]1CC(=O)N(c2ccc(C)c(C)c2)C1. The number of carbonyl (C=O) groups is 1. The Labute approximate surface area is 120 Å². The third-order valence-corrected chi connectivity index (χ3v) is 5.11. The molecule has 1 amide bonds. The van der Waals surface area contributed by atoms with Crippen molar-refractivity contribution in [3.63, 3.8) is 0 Å². The Morgan fingerprint density at radius 2 is 2.00 bits per heavy atom. The molecule has 0 radical (unpaired) electrons. The zero-order valence-corrected chi connectivity index (χ0v) is 12.8. The summed E-state index contributed by atoms with van der Waals surface area (Å²) in [5.41, 5.74) is 3.12. The van der Waals surface area contributed by atoms with Crippen LogP contribution in [0.2, 0.25) is 0 Å². The van der Waals surface area contributed by atoms with E-state index in [4.69, 9.17) is 0 Å². The Hall–Kier alpha value is -1.40. The van der Waals surface area contributed by atoms with Crippen LogP contribution in [-0.4, -0.2) is 32.7 Å². The number of hydrogen-bond acceptors (Lipinski definition) is 3. The lowest BCUT2D eigenvalue weighted by molar-refractivity contribution is -0.117. The van der Waals surface area contributed by atoms with E-state index in [1.54, 1.807) is 11.8 Å². The minimum Gasteiger partial charge on any atom is -0.311 e. The number of amides is 1. The van der Waals surface area contributed by atoms with E-state index in [9.17, 15) is 13.2 Å². The Kier molecular flexibility index (Phi) is 4.15. The topological polar surface area (TPSA) is 66.5 Å². The van der Waals surface area contributed by atoms with Crippen molar-refractivity contribution in [2.75, 3.05) is 17.2 Å². The molecular formula is C14H20N2O3S. The monoisotopic (exact) mass is 296 g/mol. The molecule has 5 nitrogen and oxygen atoms in total. The van der Waals surface area contributed by atoms with Gasteiger partial charge in [-0.1, -0.05) is 6.07 Å². The molecule has 1 aromatic carbocycles. The molecule has 0 aliphatic carbocycles. The maximum atomic E-state index is 12.0. The first kappa shape index (κ1) is 15.0. The number of nitrogens with one attached hydrogen (secondary N) is 1. The van der Waals surface area contributed by atoms with E-state index in [1.807, 2.05) is 32.0 Å². The van der Waals surface area contributed by atoms with Crippen LogP contribution < -0.4 is 9.62 Å². The van der Waals surface area contributed by atoms with Gasteiger partial charge in [0.25, 0.3) is 0 Å². The lowest BCUT2D eigenvalue weighted by Crippen LogP contribution is -2.37. The van der Waals surface area contributed by atoms with Crippen LogP contribution >= 0.6 is 0 Å². The first-order valence-electron chi connectivity index (χ1n) is 6.70. The first-order chi connectivity index (χ1) is 9.32. The molecule has 1 N–H and O–H groups in total. The van der Waals surface area contributed by atoms with Gasteiger partial charge >= 0.3 is 0 Å². The molecule has 6 heteroatoms. The van der Waals surface area contributed by atoms with Crippen LogP contribution in [0.4, 0.5) is 5.69 Å². The molecule has 1 aliphatic rings. The van der Waals surface area contributed by atoms with Gasteiger partial charge < -0.3 is 4.90 Å². The lowest BCUT2D eigenvalue weighted by Gasteiger charge is -2.18. The van der Waals surface area contributed by atoms with Gasteiger partial charge in [-0.05, 0) is 44.0 Å². The molecule has 1 aromatic rings. The minimum atomic E-state index is -3.28. The summed E-state index contributed by atoms with van der Waals surface area (Å²) in [5, 5.41) is 0. The van der Waals surface area contributed by atoms with E-state index in [1.165, 1.54) is 5.56 Å². The molecule has 0 bridgehead atoms. The van der Waals surface area contributed by atoms with Crippen molar-refractivity contribution < 1.29 is 13.2 Å². The summed E-state index contributed by atoms with van der Waals surface area (Å²) in [6, 6.07) is 5.50. The van der Waals surface area contributed by atoms with Crippen molar-refractivity contribution in [3.05, 3.63) is 29.3 Å². The van der Waals surface area contributed by atoms with E-state index >= 15 is 0 Å². The van der Waals surface area contributed by atoms with E-state index < -0.39 is 10.0 Å². The summed E-state index contributed by atoms with van der Waals surface area (Å²) in [7, 11) is -3.28. The summed E-state index contributed by atoms with van der Waals surface area (Å²) >= 11 is 0. The average molecular weight is 296 g/mol. The van der Waals surface area contributed by atoms with Crippen molar-refractivity contribution in [1.29, 1.82) is 0 Å². The fraction of sp³-hybridized carbons (Fsp3) is 0.500. The van der Waals surface area contributed by atoms with E-state index in [-0.39, 0.29) is 24.1 Å². The molecule has 2 rings (SSSR count). The standard InChI is InChI=1S/C14H20N2O3S/c1-4-20(18,19)15-12-8-14(17)16(9-12)13-6-5-10(2)11(3)7-13/h5-7,12,15H,4,8-9H2,1-3H3/t12-/m0/s1. The quantitative estimate of drug-likeness (QED) is 0.912. The molecule has 1 aliphatic heterocycles. The number of aryl methyl sites for hydroxylation is 2. The Morgan fingerprint density at radius 1 is 1.30 bits per heavy atom. The second-order valence-electron chi connectivity index (χ2n) is 5.20. The number of rotatable bonds is 4. The maximum absolute atomic E-state index is 12.0. The minimum absolute atomic E-state index is 0.0291. The molecule has 20 heavy (non-hydrogen) atoms. The highest BCUT2D eigenvalue weighted by molar-refractivity contribution is 7.89. The normalized spacial score (nSPS) is 19.6. The van der Waals surface area contributed by atoms with Gasteiger partial charge in [-0.25, -0.2) is 13.1 Å². The second kappa shape index (κ2) is 5.54. The third-order valence-electron chi connectivity index (χ3n) is 3.65. The predicted octanol–water partition coefficient (Wildman–Crippen LogP) is 1.35. The lowest BCUT2D eigenvalue weighted by atomic mass is 10.1. The van der Waals surface area contributed by atoms with Crippen LogP contribution in [0.5, 0.6) is 0 Å². The van der Waals surface area contributed by atoms with E-state index in [2.05, 4.69) is 4.72 Å². The van der Waals surface area contributed by atoms with Gasteiger partial charge in [0.1, 0.15) is 0 Å². The molecule has 1 atom stereocenters. The van der Waals surface area contributed by atoms with Crippen LogP contribution in [-0.2, 0) is 14.8 Å². The second-order valence-corrected chi connectivity index (χ2v) is 7.24. The Bertz CT molecular complexity index is 625. The van der Waals surface area contributed by atoms with Gasteiger partial charge in [0.2, 0.25) is 15.9 Å². The molecule has 0 unspecified atom stereocenters. The van der Waals surface area contributed by atoms with Crippen LogP contribution in [0.25, 0.3) is 0 Å². The van der Waals surface area contributed by atoms with Gasteiger partial charge in [0, 0.05) is 24.7 Å². The summed E-state index contributed by atoms with van der Waals surface area (Å²) < 4.78 is 25.7. The summed E-state index contributed by atoms with van der Waals surface area (Å²) in [6.07, 6.45) is 0.214. The highest BCUT2D eigenvalue weighted by Crippen LogP contribution is 2.24. The average Bonchev–Trinajstić information content (AvgIpc) is 2.73. The van der Waals surface area contributed by atoms with E-state index in [0.29, 0.717) is 6.54 Å². The van der Waals surface area contributed by atoms with Crippen molar-refractivity contribution >= 4 is 21.6 Å². The summed E-state index contributed by atoms with van der Waals surface area (Å²) in [5.74, 6) is -0.0153. The van der Waals surface area contributed by atoms with E-state index in [0.717, 1.165) is 11.3 Å². The molecule has 1 fully saturated rings. The first-order valence-corrected chi connectivity index (χ1v) is 8.35. The molecule has 0 spiro atoms. The Morgan fingerprint density at radius 3 is 2.60 bits per heavy atom. The van der Waals surface area contributed by atoms with Gasteiger partial charge in [0.15, 0.2) is 0 Å². The molecule has 110 valence electrons. The summed E-state index contributed by atoms with van der Waals surface area (Å²) in [6.45, 7) is 5.99. The van der Waals surface area contributed by atoms with Crippen LogP contribution in [0.15, 0.2) is 18.2 Å². The molecule has 1 heterocycles. The molecular weight excluding hydrogens is 276 g/mol. The van der Waals surface area contributed by atoms with Crippen LogP contribution in [0.3, 0.4) is 0 Å². The van der Waals surface area contributed by atoms with Crippen molar-refractivity contribution in [2.45, 2.75) is 33.2 Å². The number of carbonyl (C=O) groups excluding carboxylic acids is 1. The Balaban J connectivity index is 2.15. The van der Waals surface area contributed by atoms with Gasteiger partial charge in [-0.2, -0.15) is 0 Å². The molecule has 1 saturated heterocycles. The number of benzene rings is 1. The van der Waals surface area contributed by atoms with Crippen molar-refractivity contribution in [3.8, 4) is 0 Å². The van der Waals surface area contributed by atoms with Gasteiger partial charge in [0.05, 0.1) is 5.75 Å². The largest absolute Gasteiger partial charge is 0.311 e. The number of hydrogen-bond donors (Lipinski definition) is 1. The number of nitrogens with zero attached hydrogens (tertiary/aromatic N) is 1. The maximum Gasteiger partial charge on any atom is 0.228 e. The van der Waals surface area contributed by atoms with Gasteiger partial charge in [-0.3, -0.25) is 4.79 Å². The third kappa shape index (κ3) is 3.19. The number of anilines is 1. The smallest absolute Gasteiger partial charge is 0.228 e. The van der Waals surface area contributed by atoms with Crippen molar-refractivity contribution in [1.82, 2.24) is 4.72 Å². The zero-order valence-electron chi connectivity index (χ0n) is 12.0. The molecule has 0 saturated carbocycles.